The van der Waals surface area contributed by atoms with Gasteiger partial charge in [0.15, 0.2) is 0 Å². The van der Waals surface area contributed by atoms with Gasteiger partial charge in [0.2, 0.25) is 0 Å². The van der Waals surface area contributed by atoms with Crippen molar-refractivity contribution >= 4 is 33.0 Å². The van der Waals surface area contributed by atoms with E-state index in [9.17, 15) is 13.7 Å². The van der Waals surface area contributed by atoms with E-state index in [1.807, 2.05) is 0 Å². The molecule has 1 aromatic rings. The molecule has 7 heteroatoms. The zero-order chi connectivity index (χ0) is 14.8. The zero-order valence-corrected chi connectivity index (χ0v) is 13.7. The summed E-state index contributed by atoms with van der Waals surface area (Å²) in [5, 5.41) is 9.44. The molecule has 0 atom stereocenters. The summed E-state index contributed by atoms with van der Waals surface area (Å²) in [6.45, 7) is 1.77. The summed E-state index contributed by atoms with van der Waals surface area (Å²) in [4.78, 5) is 0. The Bertz CT molecular complexity index is 604. The van der Waals surface area contributed by atoms with E-state index in [-0.39, 0.29) is 4.21 Å². The number of nitrogens with zero attached hydrogens (tertiary/aromatic N) is 1. The van der Waals surface area contributed by atoms with Crippen LogP contribution in [0.1, 0.15) is 44.1 Å². The van der Waals surface area contributed by atoms with Crippen LogP contribution in [0.5, 0.6) is 0 Å². The lowest BCUT2D eigenvalue weighted by atomic mass is 9.94. The van der Waals surface area contributed by atoms with Gasteiger partial charge in [-0.1, -0.05) is 37.3 Å². The van der Waals surface area contributed by atoms with Crippen LogP contribution >= 0.6 is 22.9 Å². The van der Waals surface area contributed by atoms with E-state index in [1.165, 1.54) is 0 Å². The van der Waals surface area contributed by atoms with E-state index >= 15 is 0 Å². The highest BCUT2D eigenvalue weighted by Gasteiger charge is 2.36. The highest BCUT2D eigenvalue weighted by molar-refractivity contribution is 7.91. The lowest BCUT2D eigenvalue weighted by Gasteiger charge is -2.25. The molecule has 1 fully saturated rings. The molecular formula is C13H17ClN2O2S2. The molecule has 0 radical (unpaired) electrons. The molecule has 1 saturated carbocycles. The second-order valence-corrected chi connectivity index (χ2v) is 8.80. The molecule has 0 unspecified atom stereocenters. The Morgan fingerprint density at radius 1 is 1.35 bits per heavy atom. The molecule has 0 bridgehead atoms. The molecule has 1 aliphatic carbocycles. The topological polar surface area (TPSA) is 70.0 Å². The Kier molecular flexibility index (Phi) is 4.75. The second-order valence-electron chi connectivity index (χ2n) is 5.24. The Morgan fingerprint density at radius 2 is 1.95 bits per heavy atom. The highest BCUT2D eigenvalue weighted by atomic mass is 35.5. The van der Waals surface area contributed by atoms with E-state index in [0.717, 1.165) is 42.6 Å². The van der Waals surface area contributed by atoms with Gasteiger partial charge in [-0.25, -0.2) is 8.42 Å². The van der Waals surface area contributed by atoms with Gasteiger partial charge in [-0.2, -0.15) is 9.98 Å². The zero-order valence-electron chi connectivity index (χ0n) is 11.3. The summed E-state index contributed by atoms with van der Waals surface area (Å²) in [7, 11) is -3.69. The van der Waals surface area contributed by atoms with Crippen molar-refractivity contribution in [1.82, 2.24) is 4.72 Å². The van der Waals surface area contributed by atoms with Crippen LogP contribution in [0.3, 0.4) is 0 Å². The lowest BCUT2D eigenvalue weighted by Crippen LogP contribution is -2.46. The molecule has 4 nitrogen and oxygen atoms in total. The molecule has 0 spiro atoms. The largest absolute Gasteiger partial charge is 0.251 e. The number of halogens is 1. The van der Waals surface area contributed by atoms with Crippen molar-refractivity contribution in [3.8, 4) is 6.07 Å². The maximum atomic E-state index is 12.4. The molecule has 1 heterocycles. The first-order valence-electron chi connectivity index (χ1n) is 6.60. The summed E-state index contributed by atoms with van der Waals surface area (Å²) in [6.07, 6.45) is 4.99. The van der Waals surface area contributed by atoms with Gasteiger partial charge in [-0.3, -0.25) is 0 Å². The quantitative estimate of drug-likeness (QED) is 0.860. The van der Waals surface area contributed by atoms with Gasteiger partial charge in [-0.15, -0.1) is 11.3 Å². The minimum atomic E-state index is -3.69. The third-order valence-corrected chi connectivity index (χ3v) is 7.17. The van der Waals surface area contributed by atoms with E-state index in [2.05, 4.69) is 10.8 Å². The summed E-state index contributed by atoms with van der Waals surface area (Å²) in [6, 6.07) is 3.74. The Balaban J connectivity index is 2.28. The number of hydrogen-bond acceptors (Lipinski definition) is 4. The van der Waals surface area contributed by atoms with Crippen LogP contribution in [-0.2, 0) is 10.0 Å². The monoisotopic (exact) mass is 332 g/mol. The first-order valence-corrected chi connectivity index (χ1v) is 9.27. The van der Waals surface area contributed by atoms with E-state index in [0.29, 0.717) is 17.2 Å². The normalized spacial score (nSPS) is 19.2. The number of nitrogens with one attached hydrogen (secondary N) is 1. The fourth-order valence-electron chi connectivity index (χ4n) is 2.44. The Labute approximate surface area is 128 Å². The standard InChI is InChI=1S/C13H17ClN2O2S2/c1-10-8-11(19-12(10)14)20(17,18)16-13(9-15)6-4-2-3-5-7-13/h8,16H,2-7H2,1H3. The molecule has 0 aliphatic heterocycles. The molecule has 1 N–H and O–H groups in total. The summed E-state index contributed by atoms with van der Waals surface area (Å²) in [5.74, 6) is 0. The Morgan fingerprint density at radius 3 is 2.40 bits per heavy atom. The van der Waals surface area contributed by atoms with Crippen LogP contribution in [0.4, 0.5) is 0 Å². The molecule has 2 rings (SSSR count). The average Bonchev–Trinajstić information content (AvgIpc) is 2.63. The van der Waals surface area contributed by atoms with Crippen molar-refractivity contribution in [3.63, 3.8) is 0 Å². The number of rotatable bonds is 3. The predicted octanol–water partition coefficient (Wildman–Crippen LogP) is 3.60. The minimum Gasteiger partial charge on any atom is -0.206 e. The van der Waals surface area contributed by atoms with Crippen molar-refractivity contribution in [3.05, 3.63) is 16.0 Å². The lowest BCUT2D eigenvalue weighted by molar-refractivity contribution is 0.422. The van der Waals surface area contributed by atoms with Crippen LogP contribution in [-0.4, -0.2) is 14.0 Å². The molecule has 20 heavy (non-hydrogen) atoms. The summed E-state index contributed by atoms with van der Waals surface area (Å²) >= 11 is 6.96. The van der Waals surface area contributed by atoms with Crippen LogP contribution in [0.25, 0.3) is 0 Å². The van der Waals surface area contributed by atoms with E-state index in [1.54, 1.807) is 13.0 Å². The average molecular weight is 333 g/mol. The van der Waals surface area contributed by atoms with E-state index < -0.39 is 15.6 Å². The number of thiophene rings is 1. The molecular weight excluding hydrogens is 316 g/mol. The second kappa shape index (κ2) is 6.02. The van der Waals surface area contributed by atoms with Gasteiger partial charge in [0, 0.05) is 0 Å². The fourth-order valence-corrected chi connectivity index (χ4v) is 5.52. The van der Waals surface area contributed by atoms with Crippen molar-refractivity contribution in [1.29, 1.82) is 5.26 Å². The van der Waals surface area contributed by atoms with Gasteiger partial charge in [0.05, 0.1) is 10.4 Å². The SMILES string of the molecule is Cc1cc(S(=O)(=O)NC2(C#N)CCCCCC2)sc1Cl. The number of nitriles is 1. The van der Waals surface area contributed by atoms with Gasteiger partial charge >= 0.3 is 0 Å². The predicted molar refractivity (Wildman–Crippen MR) is 80.4 cm³/mol. The smallest absolute Gasteiger partial charge is 0.206 e. The number of aryl methyl sites for hydroxylation is 1. The van der Waals surface area contributed by atoms with Gasteiger partial charge in [0.25, 0.3) is 10.0 Å². The molecule has 1 aromatic heterocycles. The Hall–Kier alpha value is -0.610. The molecule has 1 aliphatic rings. The molecule has 110 valence electrons. The number of sulfonamides is 1. The van der Waals surface area contributed by atoms with Crippen LogP contribution < -0.4 is 4.72 Å². The summed E-state index contributed by atoms with van der Waals surface area (Å²) < 4.78 is 28.1. The van der Waals surface area contributed by atoms with Crippen LogP contribution in [0.2, 0.25) is 4.34 Å². The van der Waals surface area contributed by atoms with Crippen LogP contribution in [0, 0.1) is 18.3 Å². The van der Waals surface area contributed by atoms with Gasteiger partial charge in [-0.05, 0) is 31.4 Å². The van der Waals surface area contributed by atoms with Gasteiger partial charge in [0.1, 0.15) is 9.75 Å². The maximum absolute atomic E-state index is 12.4. The first-order chi connectivity index (χ1) is 9.38. The highest BCUT2D eigenvalue weighted by Crippen LogP contribution is 2.33. The van der Waals surface area contributed by atoms with Crippen molar-refractivity contribution < 1.29 is 8.42 Å². The fraction of sp³-hybridized carbons (Fsp3) is 0.615. The molecule has 0 saturated heterocycles. The first kappa shape index (κ1) is 15.8. The number of hydrogen-bond donors (Lipinski definition) is 1. The molecule has 0 amide bonds. The van der Waals surface area contributed by atoms with Crippen molar-refractivity contribution in [2.45, 2.75) is 55.2 Å². The molecule has 0 aromatic carbocycles. The van der Waals surface area contributed by atoms with Gasteiger partial charge < -0.3 is 0 Å². The van der Waals surface area contributed by atoms with Crippen LogP contribution in [0.15, 0.2) is 10.3 Å². The van der Waals surface area contributed by atoms with Crippen molar-refractivity contribution in [2.75, 3.05) is 0 Å². The maximum Gasteiger partial charge on any atom is 0.251 e. The third-order valence-electron chi connectivity index (χ3n) is 3.60. The van der Waals surface area contributed by atoms with E-state index in [4.69, 9.17) is 11.6 Å². The van der Waals surface area contributed by atoms with Crippen molar-refractivity contribution in [2.24, 2.45) is 0 Å². The third kappa shape index (κ3) is 3.34. The summed E-state index contributed by atoms with van der Waals surface area (Å²) in [5.41, 5.74) is -0.233. The minimum absolute atomic E-state index is 0.180.